The smallest absolute Gasteiger partial charge is 0.266 e. The fourth-order valence-corrected chi connectivity index (χ4v) is 3.92. The van der Waals surface area contributed by atoms with Gasteiger partial charge in [0.05, 0.1) is 12.0 Å². The third-order valence-corrected chi connectivity index (χ3v) is 5.35. The van der Waals surface area contributed by atoms with E-state index >= 15 is 0 Å². The zero-order chi connectivity index (χ0) is 20.1. The monoisotopic (exact) mass is 416 g/mol. The molecule has 0 radical (unpaired) electrons. The quantitative estimate of drug-likeness (QED) is 0.568. The zero-order valence-electron chi connectivity index (χ0n) is 15.0. The van der Waals surface area contributed by atoms with Gasteiger partial charge in [0.2, 0.25) is 5.91 Å². The molecule has 0 spiro atoms. The number of halogens is 1. The molecule has 144 valence electrons. The van der Waals surface area contributed by atoms with Crippen LogP contribution in [0.15, 0.2) is 53.4 Å². The molecule has 2 aromatic rings. The average Bonchev–Trinajstić information content (AvgIpc) is 2.93. The van der Waals surface area contributed by atoms with Crippen molar-refractivity contribution in [2.24, 2.45) is 0 Å². The van der Waals surface area contributed by atoms with E-state index in [1.165, 1.54) is 34.9 Å². The lowest BCUT2D eigenvalue weighted by Gasteiger charge is -2.14. The number of methoxy groups -OCH3 is 1. The van der Waals surface area contributed by atoms with Crippen molar-refractivity contribution in [1.29, 1.82) is 0 Å². The van der Waals surface area contributed by atoms with Gasteiger partial charge >= 0.3 is 0 Å². The number of para-hydroxylation sites is 1. The Bertz CT molecular complexity index is 962. The lowest BCUT2D eigenvalue weighted by molar-refractivity contribution is -0.122. The van der Waals surface area contributed by atoms with Crippen LogP contribution >= 0.6 is 24.0 Å². The molecule has 28 heavy (non-hydrogen) atoms. The summed E-state index contributed by atoms with van der Waals surface area (Å²) >= 11 is 6.47. The number of rotatable bonds is 6. The summed E-state index contributed by atoms with van der Waals surface area (Å²) in [7, 11) is 1.56. The molecule has 1 fully saturated rings. The summed E-state index contributed by atoms with van der Waals surface area (Å²) < 4.78 is 18.9. The van der Waals surface area contributed by atoms with Crippen molar-refractivity contribution in [3.8, 4) is 5.75 Å². The van der Waals surface area contributed by atoms with E-state index < -0.39 is 5.82 Å². The first-order valence-electron chi connectivity index (χ1n) is 8.42. The van der Waals surface area contributed by atoms with Gasteiger partial charge in [-0.15, -0.1) is 0 Å². The topological polar surface area (TPSA) is 58.6 Å². The fraction of sp³-hybridized carbons (Fsp3) is 0.150. The Balaban J connectivity index is 1.64. The van der Waals surface area contributed by atoms with Crippen molar-refractivity contribution >= 4 is 51.9 Å². The number of nitrogens with zero attached hydrogens (tertiary/aromatic N) is 1. The van der Waals surface area contributed by atoms with Crippen molar-refractivity contribution in [3.05, 3.63) is 64.8 Å². The highest BCUT2D eigenvalue weighted by Crippen LogP contribution is 2.34. The molecular formula is C20H17FN2O3S2. The predicted molar refractivity (Wildman–Crippen MR) is 113 cm³/mol. The van der Waals surface area contributed by atoms with Crippen LogP contribution in [-0.2, 0) is 9.59 Å². The standard InChI is InChI=1S/C20H17FN2O3S2/c1-26-16-8-3-2-5-13(16)11-17-19(25)23(20(27)28-17)10-9-18(24)22-15-7-4-6-14(21)12-15/h2-8,11-12H,9-10H2,1H3,(H,22,24). The molecule has 1 aliphatic rings. The number of nitrogens with one attached hydrogen (secondary N) is 1. The molecule has 1 saturated heterocycles. The molecule has 2 aromatic carbocycles. The Kier molecular flexibility index (Phi) is 6.43. The van der Waals surface area contributed by atoms with Gasteiger partial charge in [0.1, 0.15) is 15.9 Å². The van der Waals surface area contributed by atoms with E-state index in [0.717, 1.165) is 5.56 Å². The summed E-state index contributed by atoms with van der Waals surface area (Å²) in [5, 5.41) is 2.60. The Morgan fingerprint density at radius 1 is 1.29 bits per heavy atom. The van der Waals surface area contributed by atoms with Gasteiger partial charge in [-0.3, -0.25) is 14.5 Å². The minimum absolute atomic E-state index is 0.0465. The number of thiocarbonyl (C=S) groups is 1. The van der Waals surface area contributed by atoms with Crippen molar-refractivity contribution in [2.45, 2.75) is 6.42 Å². The second kappa shape index (κ2) is 8.99. The highest BCUT2D eigenvalue weighted by molar-refractivity contribution is 8.26. The van der Waals surface area contributed by atoms with Crippen molar-refractivity contribution in [1.82, 2.24) is 4.90 Å². The largest absolute Gasteiger partial charge is 0.496 e. The second-order valence-corrected chi connectivity index (χ2v) is 7.56. The molecule has 0 bridgehead atoms. The van der Waals surface area contributed by atoms with E-state index in [1.807, 2.05) is 24.3 Å². The van der Waals surface area contributed by atoms with Crippen LogP contribution in [-0.4, -0.2) is 34.7 Å². The Hall–Kier alpha value is -2.71. The minimum Gasteiger partial charge on any atom is -0.496 e. The number of thioether (sulfide) groups is 1. The molecule has 0 atom stereocenters. The number of ether oxygens (including phenoxy) is 1. The number of carbonyl (C=O) groups is 2. The van der Waals surface area contributed by atoms with E-state index in [-0.39, 0.29) is 24.8 Å². The summed E-state index contributed by atoms with van der Waals surface area (Å²) in [6.07, 6.45) is 1.77. The molecular weight excluding hydrogens is 399 g/mol. The number of hydrogen-bond acceptors (Lipinski definition) is 5. The number of benzene rings is 2. The molecule has 8 heteroatoms. The first-order chi connectivity index (χ1) is 13.5. The van der Waals surface area contributed by atoms with Gasteiger partial charge < -0.3 is 10.1 Å². The number of anilines is 1. The highest BCUT2D eigenvalue weighted by Gasteiger charge is 2.32. The summed E-state index contributed by atoms with van der Waals surface area (Å²) in [6.45, 7) is 0.148. The minimum atomic E-state index is -0.434. The molecule has 0 unspecified atom stereocenters. The molecule has 5 nitrogen and oxygen atoms in total. The van der Waals surface area contributed by atoms with E-state index in [1.54, 1.807) is 19.3 Å². The first-order valence-corrected chi connectivity index (χ1v) is 9.64. The molecule has 2 amide bonds. The molecule has 1 aliphatic heterocycles. The lowest BCUT2D eigenvalue weighted by Crippen LogP contribution is -2.31. The maximum atomic E-state index is 13.2. The van der Waals surface area contributed by atoms with Crippen LogP contribution in [0.3, 0.4) is 0 Å². The van der Waals surface area contributed by atoms with Gasteiger partial charge in [0.15, 0.2) is 0 Å². The summed E-state index contributed by atoms with van der Waals surface area (Å²) in [5.41, 5.74) is 1.14. The molecule has 1 N–H and O–H groups in total. The van der Waals surface area contributed by atoms with Crippen LogP contribution in [0.25, 0.3) is 6.08 Å². The van der Waals surface area contributed by atoms with E-state index in [9.17, 15) is 14.0 Å². The van der Waals surface area contributed by atoms with Crippen LogP contribution in [0.4, 0.5) is 10.1 Å². The third-order valence-electron chi connectivity index (χ3n) is 3.97. The van der Waals surface area contributed by atoms with Crippen LogP contribution in [0.1, 0.15) is 12.0 Å². The number of hydrogen-bond donors (Lipinski definition) is 1. The van der Waals surface area contributed by atoms with Crippen LogP contribution < -0.4 is 10.1 Å². The maximum absolute atomic E-state index is 13.2. The van der Waals surface area contributed by atoms with E-state index in [2.05, 4.69) is 5.32 Å². The average molecular weight is 416 g/mol. The highest BCUT2D eigenvalue weighted by atomic mass is 32.2. The third kappa shape index (κ3) is 4.76. The SMILES string of the molecule is COc1ccccc1C=C1SC(=S)N(CCC(=O)Nc2cccc(F)c2)C1=O. The van der Waals surface area contributed by atoms with Crippen molar-refractivity contribution < 1.29 is 18.7 Å². The van der Waals surface area contributed by atoms with Crippen molar-refractivity contribution in [3.63, 3.8) is 0 Å². The fourth-order valence-electron chi connectivity index (χ4n) is 2.62. The van der Waals surface area contributed by atoms with E-state index in [4.69, 9.17) is 17.0 Å². The van der Waals surface area contributed by atoms with Crippen LogP contribution in [0, 0.1) is 5.82 Å². The molecule has 0 aromatic heterocycles. The summed E-state index contributed by atoms with van der Waals surface area (Å²) in [4.78, 5) is 26.6. The van der Waals surface area contributed by atoms with Crippen molar-refractivity contribution in [2.75, 3.05) is 19.0 Å². The lowest BCUT2D eigenvalue weighted by atomic mass is 10.2. The number of carbonyl (C=O) groups excluding carboxylic acids is 2. The first kappa shape index (κ1) is 20.0. The van der Waals surface area contributed by atoms with E-state index in [0.29, 0.717) is 20.7 Å². The van der Waals surface area contributed by atoms with Crippen LogP contribution in [0.5, 0.6) is 5.75 Å². The zero-order valence-corrected chi connectivity index (χ0v) is 16.6. The Morgan fingerprint density at radius 3 is 2.82 bits per heavy atom. The molecule has 0 aliphatic carbocycles. The Morgan fingerprint density at radius 2 is 2.07 bits per heavy atom. The molecule has 3 rings (SSSR count). The normalized spacial score (nSPS) is 15.2. The molecule has 1 heterocycles. The Labute approximate surface area is 171 Å². The van der Waals surface area contributed by atoms with Gasteiger partial charge in [-0.25, -0.2) is 4.39 Å². The summed E-state index contributed by atoms with van der Waals surface area (Å²) in [5.74, 6) is -0.355. The van der Waals surface area contributed by atoms with Crippen LogP contribution in [0.2, 0.25) is 0 Å². The predicted octanol–water partition coefficient (Wildman–Crippen LogP) is 4.06. The van der Waals surface area contributed by atoms with Gasteiger partial charge in [-0.05, 0) is 30.3 Å². The van der Waals surface area contributed by atoms with Gasteiger partial charge in [-0.2, -0.15) is 0 Å². The maximum Gasteiger partial charge on any atom is 0.266 e. The van der Waals surface area contributed by atoms with Gasteiger partial charge in [0, 0.05) is 24.2 Å². The van der Waals surface area contributed by atoms with Gasteiger partial charge in [0.25, 0.3) is 5.91 Å². The number of amides is 2. The summed E-state index contributed by atoms with van der Waals surface area (Å²) in [6, 6.07) is 13.0. The second-order valence-electron chi connectivity index (χ2n) is 5.88. The van der Waals surface area contributed by atoms with Gasteiger partial charge in [-0.1, -0.05) is 48.2 Å². The molecule has 0 saturated carbocycles.